The minimum Gasteiger partial charge on any atom is -0.383 e. The summed E-state index contributed by atoms with van der Waals surface area (Å²) in [5, 5.41) is 0. The van der Waals surface area contributed by atoms with Gasteiger partial charge in [0.15, 0.2) is 0 Å². The van der Waals surface area contributed by atoms with E-state index >= 15 is 0 Å². The summed E-state index contributed by atoms with van der Waals surface area (Å²) in [6, 6.07) is 0. The summed E-state index contributed by atoms with van der Waals surface area (Å²) in [4.78, 5) is 11.0. The van der Waals surface area contributed by atoms with Crippen LogP contribution in [-0.2, 0) is 0 Å². The number of thioether (sulfide) groups is 1. The van der Waals surface area contributed by atoms with E-state index in [2.05, 4.69) is 42.6 Å². The van der Waals surface area contributed by atoms with Crippen LogP contribution in [0.3, 0.4) is 0 Å². The second kappa shape index (κ2) is 4.96. The van der Waals surface area contributed by atoms with E-state index < -0.39 is 0 Å². The van der Waals surface area contributed by atoms with Gasteiger partial charge in [-0.1, -0.05) is 13.8 Å². The van der Waals surface area contributed by atoms with E-state index in [9.17, 15) is 0 Å². The molecule has 5 heteroatoms. The largest absolute Gasteiger partial charge is 0.383 e. The molecule has 100 valence electrons. The van der Waals surface area contributed by atoms with Crippen molar-refractivity contribution in [2.45, 2.75) is 38.4 Å². The number of nitrogens with zero attached hydrogens (tertiary/aromatic N) is 3. The topological polar surface area (TPSA) is 55.0 Å². The molecule has 0 bridgehead atoms. The van der Waals surface area contributed by atoms with Gasteiger partial charge in [0.2, 0.25) is 0 Å². The van der Waals surface area contributed by atoms with Gasteiger partial charge in [-0.2, -0.15) is 11.8 Å². The minimum absolute atomic E-state index is 0.270. The van der Waals surface area contributed by atoms with Gasteiger partial charge in [-0.3, -0.25) is 0 Å². The lowest BCUT2D eigenvalue weighted by atomic mass is 10.0. The molecule has 1 aromatic rings. The van der Waals surface area contributed by atoms with Crippen molar-refractivity contribution in [3.63, 3.8) is 0 Å². The van der Waals surface area contributed by atoms with Gasteiger partial charge in [0, 0.05) is 29.2 Å². The van der Waals surface area contributed by atoms with Crippen molar-refractivity contribution in [2.75, 3.05) is 29.5 Å². The Kier molecular flexibility index (Phi) is 3.71. The molecule has 18 heavy (non-hydrogen) atoms. The molecule has 0 aromatic carbocycles. The standard InChI is InChI=1S/C13H22N4S/c1-9(2)10-11(14)15-8-16-12(10)17-5-6-18-13(3,4)7-17/h8-9H,5-7H2,1-4H3,(H2,14,15,16). The van der Waals surface area contributed by atoms with E-state index in [-0.39, 0.29) is 4.75 Å². The summed E-state index contributed by atoms with van der Waals surface area (Å²) in [7, 11) is 0. The maximum atomic E-state index is 6.01. The third-order valence-electron chi connectivity index (χ3n) is 3.20. The van der Waals surface area contributed by atoms with Crippen LogP contribution in [0.5, 0.6) is 0 Å². The number of hydrogen-bond acceptors (Lipinski definition) is 5. The lowest BCUT2D eigenvalue weighted by Gasteiger charge is -2.39. The van der Waals surface area contributed by atoms with Gasteiger partial charge in [0.1, 0.15) is 18.0 Å². The summed E-state index contributed by atoms with van der Waals surface area (Å²) in [6.45, 7) is 10.9. The number of nitrogens with two attached hydrogens (primary N) is 1. The Morgan fingerprint density at radius 3 is 2.72 bits per heavy atom. The van der Waals surface area contributed by atoms with Crippen molar-refractivity contribution < 1.29 is 0 Å². The second-order valence-corrected chi connectivity index (χ2v) is 7.48. The molecular formula is C13H22N4S. The van der Waals surface area contributed by atoms with E-state index in [1.807, 2.05) is 11.8 Å². The molecule has 1 aromatic heterocycles. The first kappa shape index (κ1) is 13.5. The Bertz CT molecular complexity index is 431. The molecule has 1 fully saturated rings. The fraction of sp³-hybridized carbons (Fsp3) is 0.692. The third-order valence-corrected chi connectivity index (χ3v) is 4.49. The monoisotopic (exact) mass is 266 g/mol. The van der Waals surface area contributed by atoms with Crippen molar-refractivity contribution in [1.82, 2.24) is 9.97 Å². The molecule has 0 atom stereocenters. The zero-order valence-corrected chi connectivity index (χ0v) is 12.4. The van der Waals surface area contributed by atoms with Crippen LogP contribution in [0.15, 0.2) is 6.33 Å². The number of rotatable bonds is 2. The quantitative estimate of drug-likeness (QED) is 0.891. The fourth-order valence-electron chi connectivity index (χ4n) is 2.40. The van der Waals surface area contributed by atoms with Crippen LogP contribution < -0.4 is 10.6 Å². The third kappa shape index (κ3) is 2.71. The van der Waals surface area contributed by atoms with Gasteiger partial charge in [0.25, 0.3) is 0 Å². The molecule has 2 N–H and O–H groups in total. The van der Waals surface area contributed by atoms with Crippen LogP contribution in [-0.4, -0.2) is 33.6 Å². The molecule has 4 nitrogen and oxygen atoms in total. The lowest BCUT2D eigenvalue weighted by Crippen LogP contribution is -2.44. The summed E-state index contributed by atoms with van der Waals surface area (Å²) in [6.07, 6.45) is 1.57. The van der Waals surface area contributed by atoms with Crippen LogP contribution in [0.4, 0.5) is 11.6 Å². The predicted octanol–water partition coefficient (Wildman–Crippen LogP) is 2.51. The lowest BCUT2D eigenvalue weighted by molar-refractivity contribution is 0.636. The molecule has 0 unspecified atom stereocenters. The normalized spacial score (nSPS) is 19.3. The minimum atomic E-state index is 0.270. The summed E-state index contributed by atoms with van der Waals surface area (Å²) < 4.78 is 0.270. The van der Waals surface area contributed by atoms with Gasteiger partial charge >= 0.3 is 0 Å². The van der Waals surface area contributed by atoms with E-state index in [1.165, 1.54) is 0 Å². The maximum Gasteiger partial charge on any atom is 0.137 e. The number of hydrogen-bond donors (Lipinski definition) is 1. The molecule has 0 aliphatic carbocycles. The molecule has 0 amide bonds. The SMILES string of the molecule is CC(C)c1c(N)ncnc1N1CCSC(C)(C)C1. The summed E-state index contributed by atoms with van der Waals surface area (Å²) >= 11 is 2.02. The summed E-state index contributed by atoms with van der Waals surface area (Å²) in [5.74, 6) is 3.12. The highest BCUT2D eigenvalue weighted by Crippen LogP contribution is 2.35. The van der Waals surface area contributed by atoms with Crippen LogP contribution in [0, 0.1) is 0 Å². The molecular weight excluding hydrogens is 244 g/mol. The van der Waals surface area contributed by atoms with Crippen LogP contribution >= 0.6 is 11.8 Å². The summed E-state index contributed by atoms with van der Waals surface area (Å²) in [5.41, 5.74) is 7.10. The molecule has 1 aliphatic rings. The molecule has 2 heterocycles. The number of aromatic nitrogens is 2. The molecule has 1 aliphatic heterocycles. The zero-order chi connectivity index (χ0) is 13.3. The van der Waals surface area contributed by atoms with Crippen molar-refractivity contribution in [3.05, 3.63) is 11.9 Å². The van der Waals surface area contributed by atoms with E-state index in [4.69, 9.17) is 5.73 Å². The van der Waals surface area contributed by atoms with Crippen molar-refractivity contribution in [1.29, 1.82) is 0 Å². The first-order chi connectivity index (χ1) is 8.41. The van der Waals surface area contributed by atoms with E-state index in [0.717, 1.165) is 30.2 Å². The first-order valence-electron chi connectivity index (χ1n) is 6.40. The molecule has 0 spiro atoms. The highest BCUT2D eigenvalue weighted by molar-refractivity contribution is 8.00. The van der Waals surface area contributed by atoms with E-state index in [0.29, 0.717) is 11.7 Å². The van der Waals surface area contributed by atoms with Gasteiger partial charge < -0.3 is 10.6 Å². The zero-order valence-electron chi connectivity index (χ0n) is 11.6. The average Bonchev–Trinajstić information content (AvgIpc) is 2.26. The van der Waals surface area contributed by atoms with Gasteiger partial charge in [-0.15, -0.1) is 0 Å². The van der Waals surface area contributed by atoms with Crippen LogP contribution in [0.25, 0.3) is 0 Å². The Labute approximate surface area is 113 Å². The second-order valence-electron chi connectivity index (χ2n) is 5.68. The van der Waals surface area contributed by atoms with Crippen molar-refractivity contribution in [2.24, 2.45) is 0 Å². The fourth-order valence-corrected chi connectivity index (χ4v) is 3.51. The molecule has 0 saturated carbocycles. The smallest absolute Gasteiger partial charge is 0.137 e. The van der Waals surface area contributed by atoms with Gasteiger partial charge in [-0.05, 0) is 19.8 Å². The predicted molar refractivity (Wildman–Crippen MR) is 79.3 cm³/mol. The van der Waals surface area contributed by atoms with Gasteiger partial charge in [-0.25, -0.2) is 9.97 Å². The van der Waals surface area contributed by atoms with Crippen LogP contribution in [0.1, 0.15) is 39.2 Å². The van der Waals surface area contributed by atoms with Crippen LogP contribution in [0.2, 0.25) is 0 Å². The molecule has 2 rings (SSSR count). The van der Waals surface area contributed by atoms with Crippen molar-refractivity contribution >= 4 is 23.4 Å². The molecule has 1 saturated heterocycles. The highest BCUT2D eigenvalue weighted by atomic mass is 32.2. The Morgan fingerprint density at radius 2 is 2.11 bits per heavy atom. The highest BCUT2D eigenvalue weighted by Gasteiger charge is 2.29. The Hall–Kier alpha value is -0.970. The van der Waals surface area contributed by atoms with E-state index in [1.54, 1.807) is 6.33 Å². The Balaban J connectivity index is 2.36. The number of nitrogen functional groups attached to an aromatic ring is 1. The van der Waals surface area contributed by atoms with Gasteiger partial charge in [0.05, 0.1) is 0 Å². The first-order valence-corrected chi connectivity index (χ1v) is 7.38. The average molecular weight is 266 g/mol. The maximum absolute atomic E-state index is 6.01. The number of anilines is 2. The Morgan fingerprint density at radius 1 is 1.39 bits per heavy atom. The molecule has 0 radical (unpaired) electrons. The van der Waals surface area contributed by atoms with Crippen molar-refractivity contribution in [3.8, 4) is 0 Å².